The van der Waals surface area contributed by atoms with Crippen molar-refractivity contribution in [2.75, 3.05) is 7.11 Å². The number of benzene rings is 1. The molecule has 0 radical (unpaired) electrons. The number of carbonyl (C=O) groups excluding carboxylic acids is 2. The normalized spacial score (nSPS) is 17.9. The van der Waals surface area contributed by atoms with Crippen molar-refractivity contribution in [1.82, 2.24) is 9.88 Å². The zero-order valence-corrected chi connectivity index (χ0v) is 16.2. The van der Waals surface area contributed by atoms with E-state index in [0.717, 1.165) is 5.56 Å². The molecular weight excluding hydrogens is 382 g/mol. The molecule has 3 heterocycles. The topological polar surface area (TPSA) is 96.7 Å². The minimum absolute atomic E-state index is 0.0823. The average molecular weight is 401 g/mol. The number of nitrogens with one attached hydrogen (secondary N) is 1. The smallest absolute Gasteiger partial charge is 0.295 e. The van der Waals surface area contributed by atoms with E-state index in [1.165, 1.54) is 12.0 Å². The van der Waals surface area contributed by atoms with Crippen molar-refractivity contribution in [2.45, 2.75) is 12.6 Å². The van der Waals surface area contributed by atoms with Crippen LogP contribution in [-0.2, 0) is 16.1 Å². The summed E-state index contributed by atoms with van der Waals surface area (Å²) in [5, 5.41) is 13.3. The summed E-state index contributed by atoms with van der Waals surface area (Å²) in [7, 11) is 1.50. The molecule has 3 aromatic rings. The standard InChI is InChI=1S/C23H19N3O4/c1-30-18-8-2-6-16(11-18)21(27)19-20(17-7-4-10-25-13-17)26(23(29)22(19)28)14-15-5-3-9-24-12-15/h2-13,20,27H,14H2,1H3. The van der Waals surface area contributed by atoms with Crippen molar-refractivity contribution in [1.29, 1.82) is 0 Å². The van der Waals surface area contributed by atoms with Crippen LogP contribution in [0.15, 0.2) is 78.9 Å². The number of hydrogen-bond donors (Lipinski definition) is 0. The third kappa shape index (κ3) is 3.53. The number of amides is 1. The van der Waals surface area contributed by atoms with Gasteiger partial charge in [0.15, 0.2) is 12.4 Å². The fourth-order valence-corrected chi connectivity index (χ4v) is 3.56. The van der Waals surface area contributed by atoms with Gasteiger partial charge in [-0.3, -0.25) is 14.6 Å². The number of methoxy groups -OCH3 is 1. The number of ether oxygens (including phenoxy) is 1. The molecule has 7 heteroatoms. The van der Waals surface area contributed by atoms with Crippen LogP contribution >= 0.6 is 0 Å². The van der Waals surface area contributed by atoms with Crippen LogP contribution in [0.25, 0.3) is 5.76 Å². The number of ketones is 1. The first kappa shape index (κ1) is 19.3. The van der Waals surface area contributed by atoms with Gasteiger partial charge in [0.1, 0.15) is 5.75 Å². The van der Waals surface area contributed by atoms with Crippen LogP contribution in [0.5, 0.6) is 5.75 Å². The Balaban J connectivity index is 1.85. The van der Waals surface area contributed by atoms with Crippen LogP contribution < -0.4 is 14.8 Å². The summed E-state index contributed by atoms with van der Waals surface area (Å²) < 4.78 is 5.19. The van der Waals surface area contributed by atoms with E-state index in [2.05, 4.69) is 9.97 Å². The Morgan fingerprint density at radius 3 is 2.77 bits per heavy atom. The van der Waals surface area contributed by atoms with Gasteiger partial charge in [-0.15, -0.1) is 0 Å². The molecule has 1 aliphatic rings. The van der Waals surface area contributed by atoms with E-state index < -0.39 is 23.5 Å². The van der Waals surface area contributed by atoms with Crippen molar-refractivity contribution < 1.29 is 24.4 Å². The van der Waals surface area contributed by atoms with Crippen molar-refractivity contribution in [3.8, 4) is 5.75 Å². The molecule has 1 aliphatic heterocycles. The number of rotatable bonds is 5. The maximum Gasteiger partial charge on any atom is 0.295 e. The molecule has 0 bridgehead atoms. The van der Waals surface area contributed by atoms with E-state index in [-0.39, 0.29) is 17.7 Å². The van der Waals surface area contributed by atoms with Gasteiger partial charge in [0, 0.05) is 29.6 Å². The Kier molecular flexibility index (Phi) is 5.26. The fraction of sp³-hybridized carbons (Fsp3) is 0.130. The van der Waals surface area contributed by atoms with Crippen LogP contribution in [0.2, 0.25) is 0 Å². The molecule has 0 aliphatic carbocycles. The SMILES string of the molecule is COc1cccc(C([O-])=C2C(=O)C(=O)N(Cc3ccc[nH+]c3)C2c2cccnc2)c1. The second-order valence-corrected chi connectivity index (χ2v) is 6.84. The van der Waals surface area contributed by atoms with Gasteiger partial charge in [-0.25, -0.2) is 4.98 Å². The van der Waals surface area contributed by atoms with Gasteiger partial charge < -0.3 is 14.7 Å². The van der Waals surface area contributed by atoms with E-state index >= 15 is 0 Å². The summed E-state index contributed by atoms with van der Waals surface area (Å²) in [6.07, 6.45) is 6.67. The Hall–Kier alpha value is -4.00. The number of Topliss-reactive ketones (excluding diaryl/α,β-unsaturated/α-hetero) is 1. The van der Waals surface area contributed by atoms with Crippen molar-refractivity contribution >= 4 is 17.4 Å². The number of pyridine rings is 2. The molecule has 0 saturated carbocycles. The number of aromatic nitrogens is 2. The molecule has 150 valence electrons. The van der Waals surface area contributed by atoms with Crippen LogP contribution in [0.4, 0.5) is 0 Å². The Morgan fingerprint density at radius 2 is 2.07 bits per heavy atom. The largest absolute Gasteiger partial charge is 0.872 e. The summed E-state index contributed by atoms with van der Waals surface area (Å²) in [6.45, 7) is 0.177. The number of hydrogen-bond acceptors (Lipinski definition) is 5. The number of carbonyl (C=O) groups is 2. The summed E-state index contributed by atoms with van der Waals surface area (Å²) in [6, 6.07) is 12.8. The molecule has 1 aromatic carbocycles. The van der Waals surface area contributed by atoms with E-state index in [0.29, 0.717) is 11.3 Å². The van der Waals surface area contributed by atoms with E-state index in [1.807, 2.05) is 12.1 Å². The van der Waals surface area contributed by atoms with Crippen LogP contribution in [0.1, 0.15) is 22.7 Å². The molecule has 1 amide bonds. The summed E-state index contributed by atoms with van der Waals surface area (Å²) in [5.74, 6) is -1.51. The molecule has 1 N–H and O–H groups in total. The third-order valence-corrected chi connectivity index (χ3v) is 4.99. The van der Waals surface area contributed by atoms with Crippen molar-refractivity contribution in [2.24, 2.45) is 0 Å². The predicted molar refractivity (Wildman–Crippen MR) is 105 cm³/mol. The van der Waals surface area contributed by atoms with Gasteiger partial charge in [0.05, 0.1) is 19.7 Å². The summed E-state index contributed by atoms with van der Waals surface area (Å²) in [4.78, 5) is 34.4. The summed E-state index contributed by atoms with van der Waals surface area (Å²) in [5.41, 5.74) is 1.61. The Morgan fingerprint density at radius 1 is 1.20 bits per heavy atom. The first-order valence-corrected chi connectivity index (χ1v) is 9.36. The molecule has 1 saturated heterocycles. The van der Waals surface area contributed by atoms with Gasteiger partial charge >= 0.3 is 0 Å². The predicted octanol–water partition coefficient (Wildman–Crippen LogP) is 1.33. The van der Waals surface area contributed by atoms with Crippen molar-refractivity contribution in [3.63, 3.8) is 0 Å². The average Bonchev–Trinajstić information content (AvgIpc) is 3.05. The monoisotopic (exact) mass is 401 g/mol. The molecule has 2 aromatic heterocycles. The fourth-order valence-electron chi connectivity index (χ4n) is 3.56. The minimum Gasteiger partial charge on any atom is -0.872 e. The van der Waals surface area contributed by atoms with Crippen LogP contribution in [0.3, 0.4) is 0 Å². The highest BCUT2D eigenvalue weighted by atomic mass is 16.5. The van der Waals surface area contributed by atoms with E-state index in [1.54, 1.807) is 61.2 Å². The van der Waals surface area contributed by atoms with Gasteiger partial charge in [-0.05, 0) is 35.4 Å². The molecule has 1 atom stereocenters. The first-order chi connectivity index (χ1) is 14.6. The van der Waals surface area contributed by atoms with Gasteiger partial charge in [0.2, 0.25) is 5.78 Å². The third-order valence-electron chi connectivity index (χ3n) is 4.99. The Bertz CT molecular complexity index is 1110. The van der Waals surface area contributed by atoms with E-state index in [4.69, 9.17) is 4.74 Å². The second-order valence-electron chi connectivity index (χ2n) is 6.84. The lowest BCUT2D eigenvalue weighted by Gasteiger charge is -2.27. The van der Waals surface area contributed by atoms with Crippen LogP contribution in [-0.4, -0.2) is 28.7 Å². The molecule has 0 spiro atoms. The lowest BCUT2D eigenvalue weighted by atomic mass is 9.96. The molecule has 30 heavy (non-hydrogen) atoms. The van der Waals surface area contributed by atoms with Gasteiger partial charge in [-0.1, -0.05) is 24.0 Å². The maximum absolute atomic E-state index is 13.3. The second kappa shape index (κ2) is 8.16. The van der Waals surface area contributed by atoms with E-state index in [9.17, 15) is 14.7 Å². The number of likely N-dealkylation sites (tertiary alicyclic amines) is 1. The Labute approximate surface area is 173 Å². The molecular formula is C23H19N3O4. The minimum atomic E-state index is -0.822. The summed E-state index contributed by atoms with van der Waals surface area (Å²) >= 11 is 0. The van der Waals surface area contributed by atoms with Crippen LogP contribution in [0, 0.1) is 0 Å². The lowest BCUT2D eigenvalue weighted by Crippen LogP contribution is -2.29. The zero-order chi connectivity index (χ0) is 21.1. The highest BCUT2D eigenvalue weighted by molar-refractivity contribution is 6.46. The molecule has 7 nitrogen and oxygen atoms in total. The molecule has 1 unspecified atom stereocenters. The van der Waals surface area contributed by atoms with Crippen molar-refractivity contribution in [3.05, 3.63) is 95.6 Å². The zero-order valence-electron chi connectivity index (χ0n) is 16.2. The highest BCUT2D eigenvalue weighted by Gasteiger charge is 2.44. The van der Waals surface area contributed by atoms with Gasteiger partial charge in [-0.2, -0.15) is 0 Å². The maximum atomic E-state index is 13.3. The quantitative estimate of drug-likeness (QED) is 0.365. The van der Waals surface area contributed by atoms with Gasteiger partial charge in [0.25, 0.3) is 5.91 Å². The number of nitrogens with zero attached hydrogens (tertiary/aromatic N) is 2. The number of H-pyrrole nitrogens is 1. The first-order valence-electron chi connectivity index (χ1n) is 9.36. The highest BCUT2D eigenvalue weighted by Crippen LogP contribution is 2.39. The lowest BCUT2D eigenvalue weighted by molar-refractivity contribution is -0.378. The molecule has 4 rings (SSSR count). The molecule has 1 fully saturated rings. The number of aromatic amines is 1.